The summed E-state index contributed by atoms with van der Waals surface area (Å²) in [6, 6.07) is 11.8. The highest BCUT2D eigenvalue weighted by molar-refractivity contribution is 6.42. The normalized spacial score (nSPS) is 12.2. The van der Waals surface area contributed by atoms with Gasteiger partial charge in [0.15, 0.2) is 0 Å². The summed E-state index contributed by atoms with van der Waals surface area (Å²) in [5.74, 6) is 0.836. The minimum absolute atomic E-state index is 0.0592. The van der Waals surface area contributed by atoms with Gasteiger partial charge in [0.25, 0.3) is 0 Å². The second-order valence-corrected chi connectivity index (χ2v) is 5.66. The molecule has 0 saturated carbocycles. The number of nitrogens with one attached hydrogen (secondary N) is 1. The maximum Gasteiger partial charge on any atom is 0.124 e. The monoisotopic (exact) mass is 323 g/mol. The first-order valence-electron chi connectivity index (χ1n) is 6.90. The molecule has 0 heterocycles. The molecule has 2 aromatic rings. The smallest absolute Gasteiger partial charge is 0.124 e. The lowest BCUT2D eigenvalue weighted by Gasteiger charge is -2.23. The molecule has 0 aliphatic carbocycles. The van der Waals surface area contributed by atoms with Crippen molar-refractivity contribution in [2.24, 2.45) is 0 Å². The molecule has 1 unspecified atom stereocenters. The molecule has 1 N–H and O–H groups in total. The summed E-state index contributed by atoms with van der Waals surface area (Å²) in [5.41, 5.74) is 3.19. The van der Waals surface area contributed by atoms with Crippen LogP contribution in [0.15, 0.2) is 36.4 Å². The average molecular weight is 324 g/mol. The van der Waals surface area contributed by atoms with Crippen LogP contribution in [0, 0.1) is 6.92 Å². The van der Waals surface area contributed by atoms with Gasteiger partial charge in [0.1, 0.15) is 5.75 Å². The minimum atomic E-state index is -0.0592. The van der Waals surface area contributed by atoms with Crippen molar-refractivity contribution in [2.75, 3.05) is 13.7 Å². The van der Waals surface area contributed by atoms with E-state index in [1.807, 2.05) is 24.3 Å². The Hall–Kier alpha value is -1.22. The van der Waals surface area contributed by atoms with E-state index < -0.39 is 0 Å². The lowest BCUT2D eigenvalue weighted by molar-refractivity contribution is 0.404. The highest BCUT2D eigenvalue weighted by Gasteiger charge is 2.21. The van der Waals surface area contributed by atoms with Crippen molar-refractivity contribution in [3.05, 3.63) is 63.1 Å². The zero-order valence-corrected chi connectivity index (χ0v) is 13.9. The van der Waals surface area contributed by atoms with Gasteiger partial charge in [-0.25, -0.2) is 0 Å². The Kier molecular flexibility index (Phi) is 5.51. The van der Waals surface area contributed by atoms with Gasteiger partial charge in [0.2, 0.25) is 0 Å². The maximum absolute atomic E-state index is 6.40. The Morgan fingerprint density at radius 2 is 1.90 bits per heavy atom. The molecule has 0 spiro atoms. The summed E-state index contributed by atoms with van der Waals surface area (Å²) in [7, 11) is 1.68. The van der Waals surface area contributed by atoms with Crippen molar-refractivity contribution in [3.63, 3.8) is 0 Å². The van der Waals surface area contributed by atoms with Gasteiger partial charge in [0.05, 0.1) is 23.2 Å². The van der Waals surface area contributed by atoms with Gasteiger partial charge in [0, 0.05) is 5.56 Å². The van der Waals surface area contributed by atoms with E-state index in [-0.39, 0.29) is 6.04 Å². The van der Waals surface area contributed by atoms with Crippen LogP contribution in [0.3, 0.4) is 0 Å². The van der Waals surface area contributed by atoms with Crippen LogP contribution >= 0.6 is 23.2 Å². The fraction of sp³-hybridized carbons (Fsp3) is 0.294. The van der Waals surface area contributed by atoms with Crippen LogP contribution in [-0.4, -0.2) is 13.7 Å². The van der Waals surface area contributed by atoms with Gasteiger partial charge in [-0.2, -0.15) is 0 Å². The standard InChI is InChI=1S/C17H19Cl2NO/c1-4-20-17(12-6-5-7-14(18)16(12)19)13-10-11(2)8-9-15(13)21-3/h5-10,17,20H,4H2,1-3H3. The van der Waals surface area contributed by atoms with Gasteiger partial charge in [-0.3, -0.25) is 0 Å². The zero-order chi connectivity index (χ0) is 15.4. The molecule has 0 aromatic heterocycles. The number of rotatable bonds is 5. The number of benzene rings is 2. The Balaban J connectivity index is 2.58. The lowest BCUT2D eigenvalue weighted by atomic mass is 9.96. The third kappa shape index (κ3) is 3.52. The molecule has 0 bridgehead atoms. The first kappa shape index (κ1) is 16.2. The third-order valence-electron chi connectivity index (χ3n) is 3.40. The van der Waals surface area contributed by atoms with Crippen molar-refractivity contribution < 1.29 is 4.74 Å². The lowest BCUT2D eigenvalue weighted by Crippen LogP contribution is -2.23. The molecule has 0 radical (unpaired) electrons. The van der Waals surface area contributed by atoms with Crippen LogP contribution < -0.4 is 10.1 Å². The first-order valence-corrected chi connectivity index (χ1v) is 7.66. The summed E-state index contributed by atoms with van der Waals surface area (Å²) < 4.78 is 5.50. The van der Waals surface area contributed by atoms with Crippen molar-refractivity contribution in [1.82, 2.24) is 5.32 Å². The Bertz CT molecular complexity index is 628. The number of hydrogen-bond donors (Lipinski definition) is 1. The Morgan fingerprint density at radius 1 is 1.14 bits per heavy atom. The molecule has 0 fully saturated rings. The number of aryl methyl sites for hydroxylation is 1. The molecule has 1 atom stereocenters. The SMILES string of the molecule is CCNC(c1cc(C)ccc1OC)c1cccc(Cl)c1Cl. The molecule has 2 nitrogen and oxygen atoms in total. The van der Waals surface area contributed by atoms with Crippen LogP contribution in [0.5, 0.6) is 5.75 Å². The Labute approximate surface area is 136 Å². The number of ether oxygens (including phenoxy) is 1. The van der Waals surface area contributed by atoms with E-state index in [4.69, 9.17) is 27.9 Å². The van der Waals surface area contributed by atoms with Crippen LogP contribution in [0.4, 0.5) is 0 Å². The molecule has 0 saturated heterocycles. The summed E-state index contributed by atoms with van der Waals surface area (Å²) in [6.07, 6.45) is 0. The molecule has 2 aromatic carbocycles. The van der Waals surface area contributed by atoms with E-state index in [0.717, 1.165) is 23.4 Å². The van der Waals surface area contributed by atoms with Crippen LogP contribution in [0.2, 0.25) is 10.0 Å². The molecule has 0 aliphatic heterocycles. The van der Waals surface area contributed by atoms with Crippen molar-refractivity contribution >= 4 is 23.2 Å². The summed E-state index contributed by atoms with van der Waals surface area (Å²) >= 11 is 12.6. The van der Waals surface area contributed by atoms with Crippen LogP contribution in [0.1, 0.15) is 29.7 Å². The molecule has 2 rings (SSSR count). The van der Waals surface area contributed by atoms with Crippen molar-refractivity contribution in [2.45, 2.75) is 19.9 Å². The molecule has 21 heavy (non-hydrogen) atoms. The van der Waals surface area contributed by atoms with E-state index >= 15 is 0 Å². The predicted octanol–water partition coefficient (Wildman–Crippen LogP) is 5.01. The van der Waals surface area contributed by atoms with E-state index in [1.54, 1.807) is 13.2 Å². The molecule has 112 valence electrons. The van der Waals surface area contributed by atoms with Crippen molar-refractivity contribution in [1.29, 1.82) is 0 Å². The van der Waals surface area contributed by atoms with Gasteiger partial charge in [-0.1, -0.05) is 60.0 Å². The van der Waals surface area contributed by atoms with Crippen LogP contribution in [-0.2, 0) is 0 Å². The van der Waals surface area contributed by atoms with E-state index in [1.165, 1.54) is 5.56 Å². The quantitative estimate of drug-likeness (QED) is 0.835. The fourth-order valence-electron chi connectivity index (χ4n) is 2.41. The number of halogens is 2. The van der Waals surface area contributed by atoms with Crippen LogP contribution in [0.25, 0.3) is 0 Å². The highest BCUT2D eigenvalue weighted by atomic mass is 35.5. The topological polar surface area (TPSA) is 21.3 Å². The summed E-state index contributed by atoms with van der Waals surface area (Å²) in [6.45, 7) is 4.93. The predicted molar refractivity (Wildman–Crippen MR) is 89.7 cm³/mol. The molecular weight excluding hydrogens is 305 g/mol. The molecule has 0 amide bonds. The Morgan fingerprint density at radius 3 is 2.57 bits per heavy atom. The van der Waals surface area contributed by atoms with Gasteiger partial charge >= 0.3 is 0 Å². The maximum atomic E-state index is 6.40. The minimum Gasteiger partial charge on any atom is -0.496 e. The van der Waals surface area contributed by atoms with Gasteiger partial charge in [-0.05, 0) is 31.2 Å². The number of methoxy groups -OCH3 is 1. The molecular formula is C17H19Cl2NO. The van der Waals surface area contributed by atoms with E-state index in [2.05, 4.69) is 25.2 Å². The summed E-state index contributed by atoms with van der Waals surface area (Å²) in [4.78, 5) is 0. The van der Waals surface area contributed by atoms with Gasteiger partial charge < -0.3 is 10.1 Å². The zero-order valence-electron chi connectivity index (χ0n) is 12.4. The second-order valence-electron chi connectivity index (χ2n) is 4.88. The largest absolute Gasteiger partial charge is 0.496 e. The average Bonchev–Trinajstić information content (AvgIpc) is 2.48. The summed E-state index contributed by atoms with van der Waals surface area (Å²) in [5, 5.41) is 4.60. The van der Waals surface area contributed by atoms with Crippen molar-refractivity contribution in [3.8, 4) is 5.75 Å². The highest BCUT2D eigenvalue weighted by Crippen LogP contribution is 2.36. The third-order valence-corrected chi connectivity index (χ3v) is 4.23. The van der Waals surface area contributed by atoms with Gasteiger partial charge in [-0.15, -0.1) is 0 Å². The molecule has 0 aliphatic rings. The molecule has 4 heteroatoms. The first-order chi connectivity index (χ1) is 10.1. The van der Waals surface area contributed by atoms with E-state index in [9.17, 15) is 0 Å². The second kappa shape index (κ2) is 7.17. The number of hydrogen-bond acceptors (Lipinski definition) is 2. The fourth-order valence-corrected chi connectivity index (χ4v) is 2.83. The van der Waals surface area contributed by atoms with E-state index in [0.29, 0.717) is 10.0 Å².